The van der Waals surface area contributed by atoms with Gasteiger partial charge in [0.25, 0.3) is 0 Å². The third-order valence-electron chi connectivity index (χ3n) is 5.43. The molecule has 0 spiro atoms. The van der Waals surface area contributed by atoms with Crippen LogP contribution in [0.5, 0.6) is 0 Å². The van der Waals surface area contributed by atoms with Crippen LogP contribution in [0.1, 0.15) is 24.0 Å². The van der Waals surface area contributed by atoms with Gasteiger partial charge in [-0.2, -0.15) is 0 Å². The Bertz CT molecular complexity index is 788. The van der Waals surface area contributed by atoms with Crippen LogP contribution in [0.3, 0.4) is 0 Å². The Hall–Kier alpha value is -2.75. The summed E-state index contributed by atoms with van der Waals surface area (Å²) in [5, 5.41) is 0. The average molecular weight is 363 g/mol. The van der Waals surface area contributed by atoms with Crippen molar-refractivity contribution in [1.82, 2.24) is 4.90 Å². The molecule has 0 saturated carbocycles. The summed E-state index contributed by atoms with van der Waals surface area (Å²) in [6, 6.07) is 20.5. The number of carbonyl (C=O) groups is 1. The number of piperidine rings is 1. The lowest BCUT2D eigenvalue weighted by molar-refractivity contribution is -0.141. The zero-order valence-electron chi connectivity index (χ0n) is 15.4. The first-order chi connectivity index (χ1) is 13.3. The van der Waals surface area contributed by atoms with Crippen LogP contribution in [0.25, 0.3) is 0 Å². The Morgan fingerprint density at radius 1 is 1.00 bits per heavy atom. The van der Waals surface area contributed by atoms with Crippen LogP contribution in [-0.4, -0.2) is 24.1 Å². The number of hydrogen-bond donors (Lipinski definition) is 0. The molecule has 140 valence electrons. The molecule has 2 heterocycles. The molecule has 2 aliphatic rings. The molecule has 2 aromatic carbocycles. The topological polar surface area (TPSA) is 38.8 Å². The second-order valence-electron chi connectivity index (χ2n) is 7.24. The number of allylic oxidation sites excluding steroid dienone is 1. The Balaban J connectivity index is 1.54. The van der Waals surface area contributed by atoms with Gasteiger partial charge in [-0.15, -0.1) is 0 Å². The summed E-state index contributed by atoms with van der Waals surface area (Å²) in [5.41, 5.74) is 2.39. The van der Waals surface area contributed by atoms with Crippen molar-refractivity contribution in [2.24, 2.45) is 11.8 Å². The SMILES string of the molecule is O=C1C(C(Cc2ccccc2)C2=COCO2)CCCN1Cc1ccccc1. The highest BCUT2D eigenvalue weighted by atomic mass is 16.7. The van der Waals surface area contributed by atoms with Crippen LogP contribution in [0.4, 0.5) is 0 Å². The molecule has 1 saturated heterocycles. The number of hydrogen-bond acceptors (Lipinski definition) is 3. The first kappa shape index (κ1) is 17.7. The molecule has 1 amide bonds. The van der Waals surface area contributed by atoms with E-state index in [1.807, 2.05) is 41.3 Å². The first-order valence-electron chi connectivity index (χ1n) is 9.62. The third kappa shape index (κ3) is 4.16. The van der Waals surface area contributed by atoms with Crippen LogP contribution >= 0.6 is 0 Å². The molecule has 27 heavy (non-hydrogen) atoms. The average Bonchev–Trinajstić information content (AvgIpc) is 3.24. The summed E-state index contributed by atoms with van der Waals surface area (Å²) in [6.07, 6.45) is 4.38. The highest BCUT2D eigenvalue weighted by Gasteiger charge is 2.38. The van der Waals surface area contributed by atoms with Gasteiger partial charge in [0.1, 0.15) is 12.0 Å². The van der Waals surface area contributed by atoms with E-state index < -0.39 is 0 Å². The van der Waals surface area contributed by atoms with Crippen molar-refractivity contribution in [3.05, 3.63) is 83.8 Å². The predicted octanol–water partition coefficient (Wildman–Crippen LogP) is 4.13. The summed E-state index contributed by atoms with van der Waals surface area (Å²) in [7, 11) is 0. The van der Waals surface area contributed by atoms with E-state index in [1.54, 1.807) is 6.26 Å². The van der Waals surface area contributed by atoms with Crippen molar-refractivity contribution in [2.75, 3.05) is 13.3 Å². The number of carbonyl (C=O) groups excluding carboxylic acids is 1. The van der Waals surface area contributed by atoms with E-state index in [-0.39, 0.29) is 24.5 Å². The quantitative estimate of drug-likeness (QED) is 0.775. The van der Waals surface area contributed by atoms with E-state index in [0.717, 1.165) is 31.6 Å². The molecule has 1 fully saturated rings. The molecule has 2 aromatic rings. The van der Waals surface area contributed by atoms with Gasteiger partial charge in [-0.05, 0) is 30.4 Å². The maximum Gasteiger partial charge on any atom is 0.229 e. The zero-order chi connectivity index (χ0) is 18.5. The summed E-state index contributed by atoms with van der Waals surface area (Å²) in [6.45, 7) is 1.73. The van der Waals surface area contributed by atoms with Crippen LogP contribution in [-0.2, 0) is 27.2 Å². The van der Waals surface area contributed by atoms with Crippen LogP contribution in [0.2, 0.25) is 0 Å². The minimum absolute atomic E-state index is 0.0148. The molecule has 2 unspecified atom stereocenters. The minimum atomic E-state index is -0.0735. The van der Waals surface area contributed by atoms with Crippen molar-refractivity contribution in [3.8, 4) is 0 Å². The van der Waals surface area contributed by atoms with Gasteiger partial charge >= 0.3 is 0 Å². The van der Waals surface area contributed by atoms with Gasteiger partial charge in [0.05, 0.1) is 0 Å². The second kappa shape index (κ2) is 8.30. The molecular formula is C23H25NO3. The van der Waals surface area contributed by atoms with E-state index in [1.165, 1.54) is 11.1 Å². The number of likely N-dealkylation sites (tertiary alicyclic amines) is 1. The fourth-order valence-electron chi connectivity index (χ4n) is 4.06. The molecule has 0 aliphatic carbocycles. The highest BCUT2D eigenvalue weighted by molar-refractivity contribution is 5.80. The number of ether oxygens (including phenoxy) is 2. The highest BCUT2D eigenvalue weighted by Crippen LogP contribution is 2.35. The predicted molar refractivity (Wildman–Crippen MR) is 103 cm³/mol. The van der Waals surface area contributed by atoms with Crippen LogP contribution in [0, 0.1) is 11.8 Å². The molecule has 0 radical (unpaired) electrons. The Kier molecular flexibility index (Phi) is 5.42. The van der Waals surface area contributed by atoms with Gasteiger partial charge in [0.15, 0.2) is 0 Å². The normalized spacial score (nSPS) is 20.6. The van der Waals surface area contributed by atoms with Crippen molar-refractivity contribution in [1.29, 1.82) is 0 Å². The third-order valence-corrected chi connectivity index (χ3v) is 5.43. The van der Waals surface area contributed by atoms with Gasteiger partial charge in [-0.1, -0.05) is 60.7 Å². The number of benzene rings is 2. The van der Waals surface area contributed by atoms with Crippen molar-refractivity contribution in [3.63, 3.8) is 0 Å². The molecular weight excluding hydrogens is 338 g/mol. The molecule has 4 rings (SSSR count). The van der Waals surface area contributed by atoms with Gasteiger partial charge in [0.2, 0.25) is 12.7 Å². The van der Waals surface area contributed by atoms with E-state index in [2.05, 4.69) is 24.3 Å². The molecule has 2 atom stereocenters. The fourth-order valence-corrected chi connectivity index (χ4v) is 4.06. The summed E-state index contributed by atoms with van der Waals surface area (Å²) < 4.78 is 11.0. The lowest BCUT2D eigenvalue weighted by Crippen LogP contribution is -2.44. The van der Waals surface area contributed by atoms with Gasteiger partial charge in [-0.25, -0.2) is 0 Å². The number of rotatable bonds is 6. The Morgan fingerprint density at radius 3 is 2.37 bits per heavy atom. The molecule has 0 aromatic heterocycles. The van der Waals surface area contributed by atoms with Crippen LogP contribution in [0.15, 0.2) is 72.7 Å². The molecule has 0 N–H and O–H groups in total. The van der Waals surface area contributed by atoms with E-state index in [9.17, 15) is 4.79 Å². The van der Waals surface area contributed by atoms with Crippen molar-refractivity contribution < 1.29 is 14.3 Å². The van der Waals surface area contributed by atoms with E-state index in [0.29, 0.717) is 6.54 Å². The van der Waals surface area contributed by atoms with Crippen LogP contribution < -0.4 is 0 Å². The standard InChI is InChI=1S/C23H25NO3/c25-23-20(12-7-13-24(23)15-19-10-5-2-6-11-19)21(22-16-26-17-27-22)14-18-8-3-1-4-9-18/h1-6,8-11,16,20-21H,7,12-15,17H2. The Labute approximate surface area is 160 Å². The maximum atomic E-state index is 13.3. The first-order valence-corrected chi connectivity index (χ1v) is 9.62. The van der Waals surface area contributed by atoms with Gasteiger partial charge < -0.3 is 14.4 Å². The second-order valence-corrected chi connectivity index (χ2v) is 7.24. The largest absolute Gasteiger partial charge is 0.462 e. The minimum Gasteiger partial charge on any atom is -0.462 e. The lowest BCUT2D eigenvalue weighted by atomic mass is 9.80. The lowest BCUT2D eigenvalue weighted by Gasteiger charge is -2.36. The smallest absolute Gasteiger partial charge is 0.229 e. The van der Waals surface area contributed by atoms with Gasteiger partial charge in [0, 0.05) is 24.9 Å². The van der Waals surface area contributed by atoms with E-state index in [4.69, 9.17) is 9.47 Å². The monoisotopic (exact) mass is 363 g/mol. The Morgan fingerprint density at radius 2 is 1.70 bits per heavy atom. The molecule has 2 aliphatic heterocycles. The summed E-state index contributed by atoms with van der Waals surface area (Å²) >= 11 is 0. The number of nitrogens with zero attached hydrogens (tertiary/aromatic N) is 1. The van der Waals surface area contributed by atoms with E-state index >= 15 is 0 Å². The van der Waals surface area contributed by atoms with Gasteiger partial charge in [-0.3, -0.25) is 4.79 Å². The maximum absolute atomic E-state index is 13.3. The fraction of sp³-hybridized carbons (Fsp3) is 0.348. The van der Waals surface area contributed by atoms with Crippen molar-refractivity contribution >= 4 is 5.91 Å². The molecule has 0 bridgehead atoms. The van der Waals surface area contributed by atoms with Crippen molar-refractivity contribution in [2.45, 2.75) is 25.8 Å². The number of amides is 1. The molecule has 4 heteroatoms. The summed E-state index contributed by atoms with van der Waals surface area (Å²) in [4.78, 5) is 15.3. The zero-order valence-corrected chi connectivity index (χ0v) is 15.4. The molecule has 4 nitrogen and oxygen atoms in total. The summed E-state index contributed by atoms with van der Waals surface area (Å²) in [5.74, 6) is 0.970.